The highest BCUT2D eigenvalue weighted by molar-refractivity contribution is 7.95. The summed E-state index contributed by atoms with van der Waals surface area (Å²) in [7, 11) is 1.43. The van der Waals surface area contributed by atoms with Crippen LogP contribution in [0.5, 0.6) is 0 Å². The van der Waals surface area contributed by atoms with Gasteiger partial charge < -0.3 is 4.74 Å². The number of hydrogen-bond acceptors (Lipinski definition) is 2. The Hall–Kier alpha value is -2.57. The van der Waals surface area contributed by atoms with Crippen LogP contribution in [0, 0.1) is 0 Å². The Morgan fingerprint density at radius 1 is 0.708 bits per heavy atom. The van der Waals surface area contributed by atoms with E-state index in [2.05, 4.69) is 36.4 Å². The Kier molecular flexibility index (Phi) is 4.98. The summed E-state index contributed by atoms with van der Waals surface area (Å²) in [5, 5.41) is 3.40. The summed E-state index contributed by atoms with van der Waals surface area (Å²) >= 11 is 0. The third-order valence-corrected chi connectivity index (χ3v) is 7.93. The van der Waals surface area contributed by atoms with Gasteiger partial charge in [0.05, 0.1) is 7.11 Å². The number of hydrogen-bond donors (Lipinski definition) is 0. The van der Waals surface area contributed by atoms with Crippen molar-refractivity contribution in [3.8, 4) is 0 Å². The maximum atomic E-state index is 12.3. The van der Waals surface area contributed by atoms with Crippen molar-refractivity contribution >= 4 is 34.6 Å². The van der Waals surface area contributed by atoms with Crippen molar-refractivity contribution in [2.75, 3.05) is 7.11 Å². The molecule has 3 aromatic rings. The molecule has 0 aliphatic heterocycles. The van der Waals surface area contributed by atoms with Crippen molar-refractivity contribution in [1.29, 1.82) is 0 Å². The van der Waals surface area contributed by atoms with Gasteiger partial charge in [0.1, 0.15) is 0 Å². The molecule has 0 amide bonds. The van der Waals surface area contributed by atoms with Gasteiger partial charge in [-0.2, -0.15) is 0 Å². The quantitative estimate of drug-likeness (QED) is 0.416. The maximum Gasteiger partial charge on any atom is 0.331 e. The molecule has 3 aromatic carbocycles. The van der Waals surface area contributed by atoms with Crippen LogP contribution in [0.2, 0.25) is 0 Å². The lowest BCUT2D eigenvalue weighted by atomic mass is 10.4. The lowest BCUT2D eigenvalue weighted by Gasteiger charge is -2.28. The minimum absolute atomic E-state index is 0.306. The number of methoxy groups -OCH3 is 1. The highest BCUT2D eigenvalue weighted by atomic mass is 31.2. The predicted molar refractivity (Wildman–Crippen MR) is 103 cm³/mol. The molecule has 0 fully saturated rings. The van der Waals surface area contributed by atoms with Crippen LogP contribution < -0.4 is 15.9 Å². The van der Waals surface area contributed by atoms with E-state index >= 15 is 0 Å². The van der Waals surface area contributed by atoms with Gasteiger partial charge in [0.2, 0.25) is 0 Å². The lowest BCUT2D eigenvalue weighted by Crippen LogP contribution is -2.28. The fourth-order valence-electron chi connectivity index (χ4n) is 2.87. The zero-order valence-electron chi connectivity index (χ0n) is 13.5. The monoisotopic (exact) mass is 336 g/mol. The summed E-state index contributed by atoms with van der Waals surface area (Å²) in [6.07, 6.45) is 0. The van der Waals surface area contributed by atoms with Crippen molar-refractivity contribution in [2.45, 2.75) is 0 Å². The van der Waals surface area contributed by atoms with Gasteiger partial charge in [0, 0.05) is 5.80 Å². The first kappa shape index (κ1) is 16.3. The van der Waals surface area contributed by atoms with Crippen molar-refractivity contribution in [3.05, 3.63) is 91.0 Å². The van der Waals surface area contributed by atoms with Crippen LogP contribution in [0.15, 0.2) is 91.0 Å². The summed E-state index contributed by atoms with van der Waals surface area (Å²) in [4.78, 5) is 12.3. The van der Waals surface area contributed by atoms with E-state index < -0.39 is 6.89 Å². The van der Waals surface area contributed by atoms with E-state index in [0.717, 1.165) is 15.9 Å². The molecule has 0 aliphatic carbocycles. The van der Waals surface area contributed by atoms with E-state index in [-0.39, 0.29) is 5.97 Å². The molecule has 120 valence electrons. The summed E-state index contributed by atoms with van der Waals surface area (Å²) < 4.78 is 5.00. The number of ether oxygens (including phenoxy) is 1. The number of carbonyl (C=O) groups is 1. The van der Waals surface area contributed by atoms with Gasteiger partial charge in [-0.05, 0) is 22.8 Å². The molecule has 0 aliphatic rings. The molecule has 0 heterocycles. The molecule has 0 saturated heterocycles. The SMILES string of the molecule is CO[13C](=O)[13CH]=P(c1ccccc1)(c1ccccc1)c1ccccc1. The first-order valence-electron chi connectivity index (χ1n) is 7.77. The number of esters is 1. The van der Waals surface area contributed by atoms with E-state index in [0.29, 0.717) is 0 Å². The van der Waals surface area contributed by atoms with E-state index in [1.807, 2.05) is 54.6 Å². The van der Waals surface area contributed by atoms with Crippen LogP contribution in [0.4, 0.5) is 0 Å². The van der Waals surface area contributed by atoms with Gasteiger partial charge in [0.25, 0.3) is 0 Å². The first-order valence-corrected chi connectivity index (χ1v) is 9.62. The highest BCUT2D eigenvalue weighted by Crippen LogP contribution is 2.43. The Morgan fingerprint density at radius 3 is 1.33 bits per heavy atom. The number of carbonyl (C=O) groups excluding carboxylic acids is 1. The lowest BCUT2D eigenvalue weighted by molar-refractivity contribution is -0.132. The molecule has 24 heavy (non-hydrogen) atoms. The maximum absolute atomic E-state index is 12.3. The largest absolute Gasteiger partial charge is 0.466 e. The van der Waals surface area contributed by atoms with Crippen LogP contribution in [-0.4, -0.2) is 18.9 Å². The summed E-state index contributed by atoms with van der Waals surface area (Å²) in [5.41, 5.74) is 0. The molecule has 3 heteroatoms. The van der Waals surface area contributed by atoms with Crippen molar-refractivity contribution < 1.29 is 9.53 Å². The average molecular weight is 336 g/mol. The molecule has 0 atom stereocenters. The number of rotatable bonds is 4. The molecule has 0 N–H and O–H groups in total. The van der Waals surface area contributed by atoms with Crippen LogP contribution in [-0.2, 0) is 9.53 Å². The molecule has 0 bridgehead atoms. The smallest absolute Gasteiger partial charge is 0.331 e. The molecule has 2 nitrogen and oxygen atoms in total. The fraction of sp³-hybridized carbons (Fsp3) is 0.0476. The average Bonchev–Trinajstić information content (AvgIpc) is 2.68. The molecule has 0 spiro atoms. The van der Waals surface area contributed by atoms with Gasteiger partial charge in [-0.15, -0.1) is 0 Å². The Morgan fingerprint density at radius 2 is 1.04 bits per heavy atom. The van der Waals surface area contributed by atoms with Crippen LogP contribution >= 0.6 is 6.89 Å². The van der Waals surface area contributed by atoms with E-state index in [9.17, 15) is 4.79 Å². The Balaban J connectivity index is 2.42. The van der Waals surface area contributed by atoms with Crippen LogP contribution in [0.3, 0.4) is 0 Å². The zero-order valence-corrected chi connectivity index (χ0v) is 14.4. The van der Waals surface area contributed by atoms with Crippen molar-refractivity contribution in [2.24, 2.45) is 0 Å². The van der Waals surface area contributed by atoms with E-state index in [4.69, 9.17) is 4.74 Å². The third kappa shape index (κ3) is 3.06. The van der Waals surface area contributed by atoms with Crippen molar-refractivity contribution in [3.63, 3.8) is 0 Å². The first-order chi connectivity index (χ1) is 11.8. The molecular weight excluding hydrogens is 317 g/mol. The Bertz CT molecular complexity index is 753. The minimum atomic E-state index is -2.23. The molecular formula is C21H19O2P. The highest BCUT2D eigenvalue weighted by Gasteiger charge is 2.26. The van der Waals surface area contributed by atoms with Crippen LogP contribution in [0.1, 0.15) is 0 Å². The molecule has 0 unspecified atom stereocenters. The van der Waals surface area contributed by atoms with Gasteiger partial charge in [-0.3, -0.25) is 0 Å². The van der Waals surface area contributed by atoms with Gasteiger partial charge in [-0.25, -0.2) is 4.79 Å². The van der Waals surface area contributed by atoms with Crippen LogP contribution in [0.25, 0.3) is 0 Å². The zero-order chi connectivity index (χ0) is 16.8. The molecule has 0 aromatic heterocycles. The van der Waals surface area contributed by atoms with E-state index in [1.54, 1.807) is 5.80 Å². The summed E-state index contributed by atoms with van der Waals surface area (Å²) in [6, 6.07) is 30.6. The van der Waals surface area contributed by atoms with Crippen molar-refractivity contribution in [1.82, 2.24) is 0 Å². The Labute approximate surface area is 142 Å². The second-order valence-electron chi connectivity index (χ2n) is 5.38. The predicted octanol–water partition coefficient (Wildman–Crippen LogP) is 2.96. The topological polar surface area (TPSA) is 26.3 Å². The second-order valence-corrected chi connectivity index (χ2v) is 8.63. The summed E-state index contributed by atoms with van der Waals surface area (Å²) in [5.74, 6) is 1.47. The fourth-order valence-corrected chi connectivity index (χ4v) is 6.56. The van der Waals surface area contributed by atoms with E-state index in [1.165, 1.54) is 7.11 Å². The second kappa shape index (κ2) is 7.33. The molecule has 0 saturated carbocycles. The van der Waals surface area contributed by atoms with Gasteiger partial charge in [0.15, 0.2) is 0 Å². The van der Waals surface area contributed by atoms with Gasteiger partial charge >= 0.3 is 5.97 Å². The normalized spacial score (nSPS) is 10.9. The molecule has 0 radical (unpaired) electrons. The van der Waals surface area contributed by atoms with Gasteiger partial charge in [-0.1, -0.05) is 91.0 Å². The minimum Gasteiger partial charge on any atom is -0.466 e. The standard InChI is InChI=1S/C21H19O2P/c1-23-21(22)17-24(18-11-5-2-6-12-18,19-13-7-3-8-14-19)20-15-9-4-10-16-20/h2-17H,1H3/i17+1,21+1. The third-order valence-electron chi connectivity index (χ3n) is 3.99. The molecule has 3 rings (SSSR count). The number of benzene rings is 3. The summed E-state index contributed by atoms with van der Waals surface area (Å²) in [6.45, 7) is -2.23.